The Hall–Kier alpha value is -3.49. The number of nitrogens with one attached hydrogen (secondary N) is 1. The molecule has 0 unspecified atom stereocenters. The largest absolute Gasteiger partial charge is 0.449 e. The van der Waals surface area contributed by atoms with Crippen LogP contribution in [0.25, 0.3) is 10.2 Å². The Balaban J connectivity index is 1.30. The van der Waals surface area contributed by atoms with Gasteiger partial charge in [-0.15, -0.1) is 11.3 Å². The minimum atomic E-state index is -0.997. The number of thiazole rings is 1. The van der Waals surface area contributed by atoms with Gasteiger partial charge < -0.3 is 10.1 Å². The number of para-hydroxylation sites is 1. The van der Waals surface area contributed by atoms with Crippen molar-refractivity contribution in [3.63, 3.8) is 0 Å². The number of ketones is 1. The van der Waals surface area contributed by atoms with Gasteiger partial charge >= 0.3 is 5.97 Å². The van der Waals surface area contributed by atoms with Gasteiger partial charge in [-0.3, -0.25) is 9.59 Å². The van der Waals surface area contributed by atoms with Crippen LogP contribution < -0.4 is 5.32 Å². The molecular weight excluding hydrogens is 468 g/mol. The van der Waals surface area contributed by atoms with Crippen molar-refractivity contribution in [2.75, 3.05) is 5.32 Å². The molecule has 1 aromatic heterocycles. The molecule has 1 atom stereocenters. The molecule has 8 heteroatoms. The standard InChI is InChI=1S/C26H22N2O4S2/c1-16(29)20-6-5-7-21(14-20)27-24(30)17(2)32-25(31)19-12-10-18(11-13-19)15-33-26-28-22-8-3-4-9-23(22)34-26/h3-14,17H,15H2,1-2H3,(H,27,30)/t17-/m1/s1. The highest BCUT2D eigenvalue weighted by Crippen LogP contribution is 2.31. The first kappa shape index (κ1) is 23.7. The van der Waals surface area contributed by atoms with Crippen LogP contribution in [-0.4, -0.2) is 28.7 Å². The van der Waals surface area contributed by atoms with Gasteiger partial charge in [0, 0.05) is 17.0 Å². The van der Waals surface area contributed by atoms with Crippen LogP contribution in [0, 0.1) is 0 Å². The topological polar surface area (TPSA) is 85.4 Å². The zero-order chi connectivity index (χ0) is 24.1. The highest BCUT2D eigenvalue weighted by Gasteiger charge is 2.19. The van der Waals surface area contributed by atoms with Crippen LogP contribution in [-0.2, 0) is 15.3 Å². The van der Waals surface area contributed by atoms with Gasteiger partial charge in [-0.25, -0.2) is 9.78 Å². The fourth-order valence-electron chi connectivity index (χ4n) is 3.14. The predicted molar refractivity (Wildman–Crippen MR) is 136 cm³/mol. The number of benzene rings is 3. The molecule has 0 spiro atoms. The summed E-state index contributed by atoms with van der Waals surface area (Å²) in [5.74, 6) is -0.422. The first-order valence-electron chi connectivity index (χ1n) is 10.6. The molecule has 34 heavy (non-hydrogen) atoms. The molecule has 4 aromatic rings. The summed E-state index contributed by atoms with van der Waals surface area (Å²) in [6.45, 7) is 2.96. The highest BCUT2D eigenvalue weighted by atomic mass is 32.2. The molecule has 1 heterocycles. The number of esters is 1. The Bertz CT molecular complexity index is 1320. The average molecular weight is 491 g/mol. The second-order valence-corrected chi connectivity index (χ2v) is 9.86. The summed E-state index contributed by atoms with van der Waals surface area (Å²) < 4.78 is 7.48. The number of hydrogen-bond acceptors (Lipinski definition) is 7. The molecule has 6 nitrogen and oxygen atoms in total. The Morgan fingerprint density at radius 2 is 1.76 bits per heavy atom. The van der Waals surface area contributed by atoms with Gasteiger partial charge in [0.2, 0.25) is 0 Å². The van der Waals surface area contributed by atoms with Gasteiger partial charge in [0.25, 0.3) is 5.91 Å². The van der Waals surface area contributed by atoms with Crippen molar-refractivity contribution in [3.8, 4) is 0 Å². The van der Waals surface area contributed by atoms with Crippen LogP contribution in [0.1, 0.15) is 40.1 Å². The fraction of sp³-hybridized carbons (Fsp3) is 0.154. The third-order valence-corrected chi connectivity index (χ3v) is 7.27. The summed E-state index contributed by atoms with van der Waals surface area (Å²) in [7, 11) is 0. The number of thioether (sulfide) groups is 1. The van der Waals surface area contributed by atoms with Crippen molar-refractivity contribution in [1.29, 1.82) is 0 Å². The Labute approximate surface area is 205 Å². The van der Waals surface area contributed by atoms with E-state index in [0.717, 1.165) is 25.9 Å². The van der Waals surface area contributed by atoms with E-state index in [2.05, 4.69) is 16.4 Å². The van der Waals surface area contributed by atoms with Gasteiger partial charge in [-0.1, -0.05) is 48.2 Å². The van der Waals surface area contributed by atoms with Gasteiger partial charge in [-0.2, -0.15) is 0 Å². The summed E-state index contributed by atoms with van der Waals surface area (Å²) in [6.07, 6.45) is -0.997. The van der Waals surface area contributed by atoms with Gasteiger partial charge in [0.05, 0.1) is 15.8 Å². The SMILES string of the molecule is CC(=O)c1cccc(NC(=O)[C@@H](C)OC(=O)c2ccc(CSc3nc4ccccc4s3)cc2)c1. The molecule has 4 rings (SSSR count). The number of nitrogens with zero attached hydrogens (tertiary/aromatic N) is 1. The van der Waals surface area contributed by atoms with Crippen molar-refractivity contribution in [2.45, 2.75) is 30.0 Å². The molecule has 0 bridgehead atoms. The summed E-state index contributed by atoms with van der Waals surface area (Å²) in [5, 5.41) is 2.67. The van der Waals surface area contributed by atoms with E-state index in [1.54, 1.807) is 59.5 Å². The average Bonchev–Trinajstić information content (AvgIpc) is 3.26. The highest BCUT2D eigenvalue weighted by molar-refractivity contribution is 8.00. The number of ether oxygens (including phenoxy) is 1. The van der Waals surface area contributed by atoms with E-state index in [1.165, 1.54) is 13.8 Å². The molecule has 0 aliphatic heterocycles. The minimum absolute atomic E-state index is 0.0995. The van der Waals surface area contributed by atoms with Gasteiger partial charge in [0.1, 0.15) is 0 Å². The molecule has 0 fully saturated rings. The van der Waals surface area contributed by atoms with E-state index in [0.29, 0.717) is 16.8 Å². The molecule has 0 aliphatic rings. The van der Waals surface area contributed by atoms with Crippen LogP contribution in [0.2, 0.25) is 0 Å². The number of carbonyl (C=O) groups is 3. The van der Waals surface area contributed by atoms with Crippen molar-refractivity contribution >= 4 is 56.7 Å². The third kappa shape index (κ3) is 5.89. The molecule has 0 saturated heterocycles. The summed E-state index contributed by atoms with van der Waals surface area (Å²) in [4.78, 5) is 41.0. The molecule has 3 aromatic carbocycles. The minimum Gasteiger partial charge on any atom is -0.449 e. The third-order valence-electron chi connectivity index (χ3n) is 5.02. The maximum atomic E-state index is 12.5. The molecule has 0 aliphatic carbocycles. The summed E-state index contributed by atoms with van der Waals surface area (Å²) in [6, 6.07) is 21.8. The second kappa shape index (κ2) is 10.6. The predicted octanol–water partition coefficient (Wildman–Crippen LogP) is 5.98. The maximum absolute atomic E-state index is 12.5. The fourth-order valence-corrected chi connectivity index (χ4v) is 5.16. The maximum Gasteiger partial charge on any atom is 0.338 e. The van der Waals surface area contributed by atoms with E-state index >= 15 is 0 Å². The molecular formula is C26H22N2O4S2. The van der Waals surface area contributed by atoms with Crippen molar-refractivity contribution in [3.05, 3.63) is 89.5 Å². The molecule has 0 radical (unpaired) electrons. The Morgan fingerprint density at radius 1 is 1.00 bits per heavy atom. The van der Waals surface area contributed by atoms with Crippen molar-refractivity contribution in [2.24, 2.45) is 0 Å². The molecule has 172 valence electrons. The quantitative estimate of drug-likeness (QED) is 0.186. The number of anilines is 1. The van der Waals surface area contributed by atoms with Crippen LogP contribution in [0.15, 0.2) is 77.1 Å². The number of hydrogen-bond donors (Lipinski definition) is 1. The first-order chi connectivity index (χ1) is 16.4. The van der Waals surface area contributed by atoms with E-state index in [1.807, 2.05) is 30.3 Å². The number of amides is 1. The van der Waals surface area contributed by atoms with Crippen LogP contribution in [0.3, 0.4) is 0 Å². The monoisotopic (exact) mass is 490 g/mol. The van der Waals surface area contributed by atoms with Crippen molar-refractivity contribution in [1.82, 2.24) is 4.98 Å². The van der Waals surface area contributed by atoms with Gasteiger partial charge in [0.15, 0.2) is 16.2 Å². The molecule has 0 saturated carbocycles. The molecule has 1 N–H and O–H groups in total. The zero-order valence-electron chi connectivity index (χ0n) is 18.6. The lowest BCUT2D eigenvalue weighted by atomic mass is 10.1. The van der Waals surface area contributed by atoms with E-state index in [9.17, 15) is 14.4 Å². The summed E-state index contributed by atoms with van der Waals surface area (Å²) >= 11 is 3.31. The molecule has 1 amide bonds. The first-order valence-corrected chi connectivity index (χ1v) is 12.4. The Morgan fingerprint density at radius 3 is 2.50 bits per heavy atom. The zero-order valence-corrected chi connectivity index (χ0v) is 20.2. The van der Waals surface area contributed by atoms with Crippen molar-refractivity contribution < 1.29 is 19.1 Å². The van der Waals surface area contributed by atoms with Crippen LogP contribution in [0.4, 0.5) is 5.69 Å². The van der Waals surface area contributed by atoms with E-state index in [4.69, 9.17) is 4.74 Å². The lowest BCUT2D eigenvalue weighted by Crippen LogP contribution is -2.30. The van der Waals surface area contributed by atoms with Gasteiger partial charge in [-0.05, 0) is 55.8 Å². The number of rotatable bonds is 8. The lowest BCUT2D eigenvalue weighted by Gasteiger charge is -2.14. The normalized spacial score (nSPS) is 11.7. The summed E-state index contributed by atoms with van der Waals surface area (Å²) in [5.41, 5.74) is 3.38. The number of aromatic nitrogens is 1. The van der Waals surface area contributed by atoms with Crippen LogP contribution >= 0.6 is 23.1 Å². The van der Waals surface area contributed by atoms with E-state index < -0.39 is 18.0 Å². The second-order valence-electron chi connectivity index (χ2n) is 7.61. The smallest absolute Gasteiger partial charge is 0.338 e. The van der Waals surface area contributed by atoms with E-state index in [-0.39, 0.29) is 5.78 Å². The van der Waals surface area contributed by atoms with Crippen LogP contribution in [0.5, 0.6) is 0 Å². The Kier molecular flexibility index (Phi) is 7.40. The number of fused-ring (bicyclic) bond motifs is 1. The number of carbonyl (C=O) groups excluding carboxylic acids is 3. The number of Topliss-reactive ketones (excluding diaryl/α,β-unsaturated/α-hetero) is 1. The lowest BCUT2D eigenvalue weighted by molar-refractivity contribution is -0.123.